The zero-order valence-corrected chi connectivity index (χ0v) is 11.7. The molecule has 2 fully saturated rings. The van der Waals surface area contributed by atoms with Gasteiger partial charge in [-0.1, -0.05) is 23.2 Å². The van der Waals surface area contributed by atoms with E-state index in [2.05, 4.69) is 0 Å². The Labute approximate surface area is 117 Å². The summed E-state index contributed by atoms with van der Waals surface area (Å²) < 4.78 is 5.83. The molecule has 1 saturated carbocycles. The number of rotatable bonds is 3. The van der Waals surface area contributed by atoms with Gasteiger partial charge in [0, 0.05) is 22.2 Å². The van der Waals surface area contributed by atoms with Crippen molar-refractivity contribution < 1.29 is 4.74 Å². The van der Waals surface area contributed by atoms with Crippen molar-refractivity contribution in [3.05, 3.63) is 33.8 Å². The summed E-state index contributed by atoms with van der Waals surface area (Å²) in [6, 6.07) is 5.56. The Hall–Kier alpha value is -0.280. The van der Waals surface area contributed by atoms with Crippen molar-refractivity contribution in [3.8, 4) is 0 Å². The molecule has 1 aromatic carbocycles. The van der Waals surface area contributed by atoms with E-state index in [4.69, 9.17) is 33.7 Å². The number of ether oxygens (including phenoxy) is 1. The van der Waals surface area contributed by atoms with E-state index in [0.717, 1.165) is 30.0 Å². The van der Waals surface area contributed by atoms with E-state index in [1.165, 1.54) is 12.8 Å². The lowest BCUT2D eigenvalue weighted by molar-refractivity contribution is 0.0627. The Morgan fingerprint density at radius 3 is 2.83 bits per heavy atom. The maximum Gasteiger partial charge on any atom is 0.0786 e. The van der Waals surface area contributed by atoms with Gasteiger partial charge in [-0.15, -0.1) is 0 Å². The largest absolute Gasteiger partial charge is 0.376 e. The molecule has 2 nitrogen and oxygen atoms in total. The maximum atomic E-state index is 6.57. The van der Waals surface area contributed by atoms with E-state index in [9.17, 15) is 0 Å². The van der Waals surface area contributed by atoms with E-state index >= 15 is 0 Å². The average Bonchev–Trinajstić information content (AvgIpc) is 3.08. The third kappa shape index (κ3) is 2.39. The van der Waals surface area contributed by atoms with Crippen LogP contribution in [0.2, 0.25) is 10.0 Å². The molecule has 3 rings (SSSR count). The molecule has 2 unspecified atom stereocenters. The fourth-order valence-electron chi connectivity index (χ4n) is 2.91. The summed E-state index contributed by atoms with van der Waals surface area (Å²) in [7, 11) is 0. The number of hydrogen-bond donors (Lipinski definition) is 1. The Kier molecular flexibility index (Phi) is 3.31. The van der Waals surface area contributed by atoms with Gasteiger partial charge in [0.1, 0.15) is 0 Å². The molecular formula is C14H17Cl2NO. The normalized spacial score (nSPS) is 31.8. The van der Waals surface area contributed by atoms with Crippen molar-refractivity contribution in [3.63, 3.8) is 0 Å². The molecule has 0 aromatic heterocycles. The van der Waals surface area contributed by atoms with Crippen LogP contribution in [0, 0.1) is 5.92 Å². The van der Waals surface area contributed by atoms with Gasteiger partial charge in [-0.05, 0) is 55.4 Å². The van der Waals surface area contributed by atoms with Crippen LogP contribution in [0.4, 0.5) is 0 Å². The molecule has 1 heterocycles. The van der Waals surface area contributed by atoms with E-state index < -0.39 is 0 Å². The topological polar surface area (TPSA) is 35.2 Å². The van der Waals surface area contributed by atoms with Gasteiger partial charge in [0.25, 0.3) is 0 Å². The van der Waals surface area contributed by atoms with Crippen LogP contribution >= 0.6 is 23.2 Å². The molecule has 98 valence electrons. The summed E-state index contributed by atoms with van der Waals surface area (Å²) in [6.45, 7) is 0.760. The van der Waals surface area contributed by atoms with Gasteiger partial charge in [-0.2, -0.15) is 0 Å². The second-order valence-corrected chi connectivity index (χ2v) is 6.37. The Balaban J connectivity index is 1.83. The summed E-state index contributed by atoms with van der Waals surface area (Å²) in [4.78, 5) is 0. The fourth-order valence-corrected chi connectivity index (χ4v) is 3.29. The Morgan fingerprint density at radius 2 is 2.11 bits per heavy atom. The molecule has 18 heavy (non-hydrogen) atoms. The van der Waals surface area contributed by atoms with Crippen LogP contribution < -0.4 is 5.73 Å². The molecule has 2 N–H and O–H groups in total. The Bertz CT molecular complexity index is 461. The summed E-state index contributed by atoms with van der Waals surface area (Å²) >= 11 is 12.3. The quantitative estimate of drug-likeness (QED) is 0.924. The predicted octanol–water partition coefficient (Wildman–Crippen LogP) is 3.43. The highest BCUT2D eigenvalue weighted by Crippen LogP contribution is 2.44. The molecule has 0 spiro atoms. The van der Waals surface area contributed by atoms with Gasteiger partial charge in [0.2, 0.25) is 0 Å². The molecule has 1 aliphatic carbocycles. The van der Waals surface area contributed by atoms with Crippen LogP contribution in [0.1, 0.15) is 24.8 Å². The van der Waals surface area contributed by atoms with E-state index in [0.29, 0.717) is 10.9 Å². The first-order valence-electron chi connectivity index (χ1n) is 6.43. The second-order valence-electron chi connectivity index (χ2n) is 5.52. The molecule has 0 radical (unpaired) electrons. The molecule has 0 amide bonds. The van der Waals surface area contributed by atoms with E-state index in [1.807, 2.05) is 12.1 Å². The van der Waals surface area contributed by atoms with Crippen LogP contribution in [0.3, 0.4) is 0 Å². The van der Waals surface area contributed by atoms with Crippen LogP contribution in [0.25, 0.3) is 0 Å². The van der Waals surface area contributed by atoms with Crippen molar-refractivity contribution >= 4 is 23.2 Å². The standard InChI is InChI=1S/C14H17Cl2NO/c15-11-3-4-12(16)10(7-11)8-14(17)5-6-18-13(14)9-1-2-9/h3-4,7,9,13H,1-2,5-6,8,17H2. The lowest BCUT2D eigenvalue weighted by Gasteiger charge is -2.30. The molecular weight excluding hydrogens is 269 g/mol. The average molecular weight is 286 g/mol. The zero-order valence-electron chi connectivity index (χ0n) is 10.2. The number of hydrogen-bond acceptors (Lipinski definition) is 2. The highest BCUT2D eigenvalue weighted by Gasteiger charge is 2.48. The van der Waals surface area contributed by atoms with E-state index in [1.54, 1.807) is 6.07 Å². The van der Waals surface area contributed by atoms with Gasteiger partial charge in [-0.25, -0.2) is 0 Å². The molecule has 2 aliphatic rings. The SMILES string of the molecule is NC1(Cc2cc(Cl)ccc2Cl)CCOC1C1CC1. The van der Waals surface area contributed by atoms with Crippen LogP contribution in [0.15, 0.2) is 18.2 Å². The molecule has 1 saturated heterocycles. The highest BCUT2D eigenvalue weighted by atomic mass is 35.5. The third-order valence-electron chi connectivity index (χ3n) is 4.01. The van der Waals surface area contributed by atoms with Crippen molar-refractivity contribution in [1.82, 2.24) is 0 Å². The molecule has 2 atom stereocenters. The van der Waals surface area contributed by atoms with E-state index in [-0.39, 0.29) is 11.6 Å². The highest BCUT2D eigenvalue weighted by molar-refractivity contribution is 6.33. The summed E-state index contributed by atoms with van der Waals surface area (Å²) in [5, 5.41) is 1.45. The van der Waals surface area contributed by atoms with Crippen molar-refractivity contribution in [2.45, 2.75) is 37.3 Å². The minimum Gasteiger partial charge on any atom is -0.376 e. The Morgan fingerprint density at radius 1 is 1.33 bits per heavy atom. The van der Waals surface area contributed by atoms with Crippen LogP contribution in [-0.4, -0.2) is 18.2 Å². The van der Waals surface area contributed by atoms with Crippen LogP contribution in [0.5, 0.6) is 0 Å². The fraction of sp³-hybridized carbons (Fsp3) is 0.571. The first-order chi connectivity index (χ1) is 8.58. The smallest absolute Gasteiger partial charge is 0.0786 e. The van der Waals surface area contributed by atoms with Gasteiger partial charge >= 0.3 is 0 Å². The lowest BCUT2D eigenvalue weighted by atomic mass is 9.83. The first kappa shape index (κ1) is 12.7. The van der Waals surface area contributed by atoms with Gasteiger partial charge in [-0.3, -0.25) is 0 Å². The van der Waals surface area contributed by atoms with Crippen molar-refractivity contribution in [1.29, 1.82) is 0 Å². The molecule has 4 heteroatoms. The lowest BCUT2D eigenvalue weighted by Crippen LogP contribution is -2.50. The van der Waals surface area contributed by atoms with Gasteiger partial charge in [0.15, 0.2) is 0 Å². The monoisotopic (exact) mass is 285 g/mol. The summed E-state index contributed by atoms with van der Waals surface area (Å²) in [6.07, 6.45) is 4.32. The minimum absolute atomic E-state index is 0.188. The number of nitrogens with two attached hydrogens (primary N) is 1. The van der Waals surface area contributed by atoms with Crippen LogP contribution in [-0.2, 0) is 11.2 Å². The zero-order chi connectivity index (χ0) is 12.8. The third-order valence-corrected chi connectivity index (χ3v) is 4.61. The maximum absolute atomic E-state index is 6.57. The summed E-state index contributed by atoms with van der Waals surface area (Å²) in [5.74, 6) is 0.649. The van der Waals surface area contributed by atoms with Gasteiger partial charge in [0.05, 0.1) is 6.10 Å². The first-order valence-corrected chi connectivity index (χ1v) is 7.18. The molecule has 1 aliphatic heterocycles. The van der Waals surface area contributed by atoms with Crippen molar-refractivity contribution in [2.24, 2.45) is 11.7 Å². The second kappa shape index (κ2) is 4.68. The number of benzene rings is 1. The minimum atomic E-state index is -0.282. The predicted molar refractivity (Wildman–Crippen MR) is 74.2 cm³/mol. The van der Waals surface area contributed by atoms with Crippen molar-refractivity contribution in [2.75, 3.05) is 6.61 Å². The summed E-state index contributed by atoms with van der Waals surface area (Å²) in [5.41, 5.74) is 7.32. The van der Waals surface area contributed by atoms with Gasteiger partial charge < -0.3 is 10.5 Å². The molecule has 0 bridgehead atoms. The molecule has 1 aromatic rings. The number of halogens is 2.